The van der Waals surface area contributed by atoms with Gasteiger partial charge in [-0.05, 0) is 43.5 Å². The second-order valence-corrected chi connectivity index (χ2v) is 7.92. The summed E-state index contributed by atoms with van der Waals surface area (Å²) in [6, 6.07) is 8.55. The fraction of sp³-hybridized carbons (Fsp3) is 0.333. The number of pyridine rings is 1. The molecule has 0 saturated heterocycles. The Balaban J connectivity index is 1.26. The van der Waals surface area contributed by atoms with E-state index in [1.54, 1.807) is 30.3 Å². The van der Waals surface area contributed by atoms with Gasteiger partial charge in [0.15, 0.2) is 0 Å². The number of alkyl halides is 3. The molecule has 1 fully saturated rings. The zero-order chi connectivity index (χ0) is 22.9. The first-order chi connectivity index (χ1) is 15.2. The molecule has 0 unspecified atom stereocenters. The molecule has 1 aliphatic carbocycles. The highest BCUT2D eigenvalue weighted by molar-refractivity contribution is 6.31. The summed E-state index contributed by atoms with van der Waals surface area (Å²) in [4.78, 5) is 16.8. The van der Waals surface area contributed by atoms with Crippen LogP contribution in [0.1, 0.15) is 47.5 Å². The van der Waals surface area contributed by atoms with Crippen molar-refractivity contribution in [3.8, 4) is 0 Å². The summed E-state index contributed by atoms with van der Waals surface area (Å²) in [6.07, 6.45) is -4.50. The van der Waals surface area contributed by atoms with Gasteiger partial charge < -0.3 is 9.73 Å². The van der Waals surface area contributed by atoms with Gasteiger partial charge in [0.2, 0.25) is 11.8 Å². The predicted molar refractivity (Wildman–Crippen MR) is 109 cm³/mol. The standard InChI is InChI=1S/C21H18ClF3N4O3/c1-11(26-19(30)17-5-3-12-8-14(22)4-6-16(12)27-17)2-7-18-28-29-20(31-18)13-9-15(10-13)32-21(23,24)25/h3-6,8,13,15H,1-2,7,9-10H2,(H,26,30). The number of aromatic nitrogens is 3. The van der Waals surface area contributed by atoms with Crippen LogP contribution in [0.4, 0.5) is 13.2 Å². The maximum absolute atomic E-state index is 12.4. The van der Waals surface area contributed by atoms with Crippen LogP contribution in [0.25, 0.3) is 10.9 Å². The molecule has 0 aliphatic heterocycles. The van der Waals surface area contributed by atoms with Gasteiger partial charge in [0.1, 0.15) is 5.69 Å². The van der Waals surface area contributed by atoms with E-state index in [-0.39, 0.29) is 30.3 Å². The lowest BCUT2D eigenvalue weighted by molar-refractivity contribution is -0.352. The fourth-order valence-electron chi connectivity index (χ4n) is 3.35. The van der Waals surface area contributed by atoms with Gasteiger partial charge in [0.25, 0.3) is 5.91 Å². The van der Waals surface area contributed by atoms with E-state index in [0.29, 0.717) is 35.0 Å². The van der Waals surface area contributed by atoms with E-state index in [4.69, 9.17) is 16.0 Å². The molecule has 3 aromatic rings. The quantitative estimate of drug-likeness (QED) is 0.531. The summed E-state index contributed by atoms with van der Waals surface area (Å²) in [6.45, 7) is 3.83. The van der Waals surface area contributed by atoms with Crippen LogP contribution in [-0.2, 0) is 11.2 Å². The number of hydrogen-bond donors (Lipinski definition) is 1. The van der Waals surface area contributed by atoms with Crippen LogP contribution in [0.15, 0.2) is 47.0 Å². The molecule has 4 rings (SSSR count). The lowest BCUT2D eigenvalue weighted by Crippen LogP contribution is -2.34. The van der Waals surface area contributed by atoms with Crippen LogP contribution in [0.5, 0.6) is 0 Å². The summed E-state index contributed by atoms with van der Waals surface area (Å²) < 4.78 is 46.1. The number of nitrogens with zero attached hydrogens (tertiary/aromatic N) is 3. The minimum absolute atomic E-state index is 0.175. The van der Waals surface area contributed by atoms with E-state index in [2.05, 4.69) is 31.8 Å². The topological polar surface area (TPSA) is 90.1 Å². The van der Waals surface area contributed by atoms with Crippen LogP contribution < -0.4 is 5.32 Å². The second-order valence-electron chi connectivity index (χ2n) is 7.48. The van der Waals surface area contributed by atoms with E-state index in [1.165, 1.54) is 0 Å². The number of nitrogens with one attached hydrogen (secondary N) is 1. The van der Waals surface area contributed by atoms with Gasteiger partial charge in [0, 0.05) is 28.4 Å². The van der Waals surface area contributed by atoms with Crippen molar-refractivity contribution in [2.75, 3.05) is 0 Å². The van der Waals surface area contributed by atoms with Crippen molar-refractivity contribution >= 4 is 28.4 Å². The molecule has 7 nitrogen and oxygen atoms in total. The molecule has 0 atom stereocenters. The Morgan fingerprint density at radius 3 is 2.78 bits per heavy atom. The van der Waals surface area contributed by atoms with E-state index in [0.717, 1.165) is 5.39 Å². The molecule has 2 aromatic heterocycles. The lowest BCUT2D eigenvalue weighted by atomic mass is 9.82. The molecular formula is C21H18ClF3N4O3. The van der Waals surface area contributed by atoms with E-state index in [9.17, 15) is 18.0 Å². The molecule has 1 aliphatic rings. The number of benzene rings is 1. The number of allylic oxidation sites excluding steroid dienone is 1. The number of rotatable bonds is 7. The number of fused-ring (bicyclic) bond motifs is 1. The Morgan fingerprint density at radius 2 is 2.03 bits per heavy atom. The average Bonchev–Trinajstić information content (AvgIpc) is 3.16. The first-order valence-corrected chi connectivity index (χ1v) is 10.2. The smallest absolute Gasteiger partial charge is 0.425 e. The molecule has 2 heterocycles. The van der Waals surface area contributed by atoms with Crippen molar-refractivity contribution in [2.45, 2.75) is 44.1 Å². The van der Waals surface area contributed by atoms with Gasteiger partial charge in [-0.25, -0.2) is 4.98 Å². The molecule has 1 saturated carbocycles. The molecule has 1 N–H and O–H groups in total. The number of carbonyl (C=O) groups is 1. The van der Waals surface area contributed by atoms with Gasteiger partial charge >= 0.3 is 6.36 Å². The Kier molecular flexibility index (Phi) is 6.16. The third-order valence-corrected chi connectivity index (χ3v) is 5.28. The summed E-state index contributed by atoms with van der Waals surface area (Å²) in [7, 11) is 0. The number of hydrogen-bond acceptors (Lipinski definition) is 6. The van der Waals surface area contributed by atoms with E-state index in [1.807, 2.05) is 0 Å². The molecule has 168 valence electrons. The third kappa shape index (κ3) is 5.43. The van der Waals surface area contributed by atoms with Crippen LogP contribution in [0, 0.1) is 0 Å². The zero-order valence-electron chi connectivity index (χ0n) is 16.7. The van der Waals surface area contributed by atoms with Crippen molar-refractivity contribution in [2.24, 2.45) is 0 Å². The highest BCUT2D eigenvalue weighted by Crippen LogP contribution is 2.40. The Labute approximate surface area is 185 Å². The number of aryl methyl sites for hydroxylation is 1. The highest BCUT2D eigenvalue weighted by Gasteiger charge is 2.42. The largest absolute Gasteiger partial charge is 0.522 e. The summed E-state index contributed by atoms with van der Waals surface area (Å²) in [5.74, 6) is -0.0444. The lowest BCUT2D eigenvalue weighted by Gasteiger charge is -2.32. The summed E-state index contributed by atoms with van der Waals surface area (Å²) in [5, 5.41) is 11.9. The summed E-state index contributed by atoms with van der Waals surface area (Å²) in [5.41, 5.74) is 1.32. The van der Waals surface area contributed by atoms with Crippen LogP contribution in [0.2, 0.25) is 5.02 Å². The average molecular weight is 467 g/mol. The number of amides is 1. The maximum Gasteiger partial charge on any atom is 0.522 e. The van der Waals surface area contributed by atoms with E-state index >= 15 is 0 Å². The number of ether oxygens (including phenoxy) is 1. The van der Waals surface area contributed by atoms with Crippen molar-refractivity contribution in [3.63, 3.8) is 0 Å². The molecule has 0 spiro atoms. The summed E-state index contributed by atoms with van der Waals surface area (Å²) >= 11 is 5.95. The van der Waals surface area contributed by atoms with Crippen LogP contribution in [-0.4, -0.2) is 33.6 Å². The van der Waals surface area contributed by atoms with Crippen molar-refractivity contribution in [3.05, 3.63) is 65.1 Å². The highest BCUT2D eigenvalue weighted by atomic mass is 35.5. The van der Waals surface area contributed by atoms with Crippen LogP contribution >= 0.6 is 11.6 Å². The molecule has 1 amide bonds. The minimum atomic E-state index is -4.64. The fourth-order valence-corrected chi connectivity index (χ4v) is 3.53. The van der Waals surface area contributed by atoms with Gasteiger partial charge in [0.05, 0.1) is 11.6 Å². The Bertz CT molecular complexity index is 1160. The Hall–Kier alpha value is -2.98. The van der Waals surface area contributed by atoms with Crippen molar-refractivity contribution < 1.29 is 27.1 Å². The maximum atomic E-state index is 12.4. The third-order valence-electron chi connectivity index (χ3n) is 5.04. The number of carbonyl (C=O) groups excluding carboxylic acids is 1. The monoisotopic (exact) mass is 466 g/mol. The van der Waals surface area contributed by atoms with Crippen molar-refractivity contribution in [1.29, 1.82) is 0 Å². The van der Waals surface area contributed by atoms with Gasteiger partial charge in [-0.3, -0.25) is 9.53 Å². The normalized spacial score (nSPS) is 18.4. The predicted octanol–water partition coefficient (Wildman–Crippen LogP) is 4.93. The minimum Gasteiger partial charge on any atom is -0.425 e. The SMILES string of the molecule is C=C(CCc1nnc(C2CC(OC(F)(F)F)C2)o1)NC(=O)c1ccc2cc(Cl)ccc2n1. The molecule has 32 heavy (non-hydrogen) atoms. The zero-order valence-corrected chi connectivity index (χ0v) is 17.4. The van der Waals surface area contributed by atoms with Crippen LogP contribution in [0.3, 0.4) is 0 Å². The molecule has 0 radical (unpaired) electrons. The molecular weight excluding hydrogens is 449 g/mol. The molecule has 11 heteroatoms. The second kappa shape index (κ2) is 8.87. The first-order valence-electron chi connectivity index (χ1n) is 9.78. The number of halogens is 4. The van der Waals surface area contributed by atoms with Gasteiger partial charge in [-0.2, -0.15) is 0 Å². The Morgan fingerprint density at radius 1 is 1.25 bits per heavy atom. The van der Waals surface area contributed by atoms with E-state index < -0.39 is 18.4 Å². The molecule has 1 aromatic carbocycles. The first kappa shape index (κ1) is 22.2. The molecule has 0 bridgehead atoms. The van der Waals surface area contributed by atoms with Gasteiger partial charge in [-0.15, -0.1) is 23.4 Å². The van der Waals surface area contributed by atoms with Gasteiger partial charge in [-0.1, -0.05) is 24.2 Å². The van der Waals surface area contributed by atoms with Crippen molar-refractivity contribution in [1.82, 2.24) is 20.5 Å².